The van der Waals surface area contributed by atoms with Gasteiger partial charge in [-0.3, -0.25) is 0 Å². The molecule has 0 spiro atoms. The maximum Gasteiger partial charge on any atom is 0.333 e. The summed E-state index contributed by atoms with van der Waals surface area (Å²) in [6, 6.07) is 0. The van der Waals surface area contributed by atoms with Gasteiger partial charge in [-0.05, 0) is 56.6 Å². The van der Waals surface area contributed by atoms with Crippen LogP contribution in [0.4, 0.5) is 0 Å². The molecule has 1 rings (SSSR count). The van der Waals surface area contributed by atoms with Crippen molar-refractivity contribution in [2.75, 3.05) is 13.7 Å². The fraction of sp³-hybridized carbons (Fsp3) is 0.706. The number of methoxy groups -OCH3 is 1. The van der Waals surface area contributed by atoms with Gasteiger partial charge in [0.2, 0.25) is 0 Å². The molecule has 0 radical (unpaired) electrons. The molecule has 0 amide bonds. The Morgan fingerprint density at radius 3 is 2.57 bits per heavy atom. The zero-order valence-corrected chi connectivity index (χ0v) is 14.0. The van der Waals surface area contributed by atoms with Gasteiger partial charge in [-0.1, -0.05) is 13.8 Å². The highest BCUT2D eigenvalue weighted by atomic mass is 16.5. The van der Waals surface area contributed by atoms with Crippen molar-refractivity contribution in [1.82, 2.24) is 0 Å². The molecule has 0 aromatic carbocycles. The number of carbonyl (C=O) groups excluding carboxylic acids is 1. The van der Waals surface area contributed by atoms with Crippen LogP contribution in [0.25, 0.3) is 0 Å². The molecule has 4 nitrogen and oxygen atoms in total. The molecular formula is C17H28O4. The van der Waals surface area contributed by atoms with Gasteiger partial charge in [0.05, 0.1) is 25.6 Å². The van der Waals surface area contributed by atoms with Crippen LogP contribution in [0.3, 0.4) is 0 Å². The third-order valence-electron chi connectivity index (χ3n) is 4.36. The van der Waals surface area contributed by atoms with E-state index in [0.717, 1.165) is 6.42 Å². The van der Waals surface area contributed by atoms with Crippen molar-refractivity contribution in [2.45, 2.75) is 46.6 Å². The van der Waals surface area contributed by atoms with E-state index in [9.17, 15) is 9.90 Å². The Kier molecular flexibility index (Phi) is 5.62. The Labute approximate surface area is 127 Å². The predicted molar refractivity (Wildman–Crippen MR) is 82.5 cm³/mol. The number of allylic oxidation sites excluding steroid dienone is 1. The monoisotopic (exact) mass is 296 g/mol. The van der Waals surface area contributed by atoms with Crippen LogP contribution >= 0.6 is 0 Å². The van der Waals surface area contributed by atoms with E-state index in [4.69, 9.17) is 9.47 Å². The second kappa shape index (κ2) is 6.65. The van der Waals surface area contributed by atoms with Crippen LogP contribution in [0.2, 0.25) is 0 Å². The summed E-state index contributed by atoms with van der Waals surface area (Å²) in [6.45, 7) is 9.88. The number of carbonyl (C=O) groups is 1. The van der Waals surface area contributed by atoms with E-state index in [0.29, 0.717) is 12.2 Å². The maximum absolute atomic E-state index is 11.7. The Bertz CT molecular complexity index is 432. The van der Waals surface area contributed by atoms with Crippen molar-refractivity contribution >= 4 is 5.97 Å². The number of hydrogen-bond acceptors (Lipinski definition) is 4. The van der Waals surface area contributed by atoms with Gasteiger partial charge in [0.1, 0.15) is 0 Å². The lowest BCUT2D eigenvalue weighted by molar-refractivity contribution is -0.138. The highest BCUT2D eigenvalue weighted by Gasteiger charge is 2.52. The molecule has 1 saturated carbocycles. The van der Waals surface area contributed by atoms with Crippen molar-refractivity contribution in [1.29, 1.82) is 0 Å². The molecule has 4 heteroatoms. The van der Waals surface area contributed by atoms with Gasteiger partial charge in [-0.25, -0.2) is 4.79 Å². The van der Waals surface area contributed by atoms with Crippen LogP contribution < -0.4 is 0 Å². The van der Waals surface area contributed by atoms with Crippen molar-refractivity contribution in [3.8, 4) is 0 Å². The summed E-state index contributed by atoms with van der Waals surface area (Å²) in [5.41, 5.74) is -0.481. The summed E-state index contributed by atoms with van der Waals surface area (Å²) in [5, 5.41) is 10.8. The van der Waals surface area contributed by atoms with Gasteiger partial charge in [0, 0.05) is 5.57 Å². The van der Waals surface area contributed by atoms with Crippen molar-refractivity contribution in [3.05, 3.63) is 24.0 Å². The van der Waals surface area contributed by atoms with Crippen LogP contribution in [-0.4, -0.2) is 30.4 Å². The summed E-state index contributed by atoms with van der Waals surface area (Å²) >= 11 is 0. The molecule has 1 N–H and O–H groups in total. The summed E-state index contributed by atoms with van der Waals surface area (Å²) in [5.74, 6) is -0.109. The Morgan fingerprint density at radius 1 is 1.48 bits per heavy atom. The summed E-state index contributed by atoms with van der Waals surface area (Å²) in [7, 11) is 1.61. The number of hydrogen-bond donors (Lipinski definition) is 1. The molecule has 1 aliphatic rings. The van der Waals surface area contributed by atoms with E-state index in [1.54, 1.807) is 40.2 Å². The zero-order chi connectivity index (χ0) is 16.3. The Hall–Kier alpha value is -1.29. The standard InChI is InChI=1S/C17H28O4/c1-7-21-15(18)12(2)10-17(5,19)14-11-16(3,4)13(14)8-9-20-6/h8-10,13-14,19H,7,11H2,1-6H3/b9-8+,12-10+/t13-,14+,17+/m1/s1. The number of rotatable bonds is 6. The fourth-order valence-electron chi connectivity index (χ4n) is 3.19. The first kappa shape index (κ1) is 17.8. The number of esters is 1. The lowest BCUT2D eigenvalue weighted by atomic mass is 9.51. The van der Waals surface area contributed by atoms with Crippen molar-refractivity contribution < 1.29 is 19.4 Å². The first-order valence-electron chi connectivity index (χ1n) is 7.44. The van der Waals surface area contributed by atoms with Crippen LogP contribution in [0.5, 0.6) is 0 Å². The van der Waals surface area contributed by atoms with E-state index >= 15 is 0 Å². The molecular weight excluding hydrogens is 268 g/mol. The van der Waals surface area contributed by atoms with Gasteiger partial charge in [0.15, 0.2) is 0 Å². The average molecular weight is 296 g/mol. The second-order valence-corrected chi connectivity index (χ2v) is 6.66. The minimum absolute atomic E-state index is 0.0586. The normalized spacial score (nSPS) is 27.9. The van der Waals surface area contributed by atoms with E-state index < -0.39 is 5.60 Å². The van der Waals surface area contributed by atoms with Crippen LogP contribution in [0, 0.1) is 17.3 Å². The molecule has 1 fully saturated rings. The van der Waals surface area contributed by atoms with E-state index in [1.807, 2.05) is 6.08 Å². The summed E-state index contributed by atoms with van der Waals surface area (Å²) in [4.78, 5) is 11.7. The second-order valence-electron chi connectivity index (χ2n) is 6.66. The largest absolute Gasteiger partial charge is 0.505 e. The molecule has 120 valence electrons. The van der Waals surface area contributed by atoms with Crippen LogP contribution in [0.1, 0.15) is 41.0 Å². The third-order valence-corrected chi connectivity index (χ3v) is 4.36. The smallest absolute Gasteiger partial charge is 0.333 e. The first-order chi connectivity index (χ1) is 9.65. The summed E-state index contributed by atoms with van der Waals surface area (Å²) < 4.78 is 9.96. The number of ether oxygens (including phenoxy) is 2. The van der Waals surface area contributed by atoms with Crippen LogP contribution in [-0.2, 0) is 14.3 Å². The average Bonchev–Trinajstić information content (AvgIpc) is 2.36. The molecule has 0 unspecified atom stereocenters. The van der Waals surface area contributed by atoms with Crippen molar-refractivity contribution in [3.63, 3.8) is 0 Å². The molecule has 21 heavy (non-hydrogen) atoms. The molecule has 0 bridgehead atoms. The van der Waals surface area contributed by atoms with Gasteiger partial charge in [-0.15, -0.1) is 0 Å². The molecule has 0 aromatic heterocycles. The summed E-state index contributed by atoms with van der Waals surface area (Å²) in [6.07, 6.45) is 6.18. The quantitative estimate of drug-likeness (QED) is 0.465. The maximum atomic E-state index is 11.7. The van der Waals surface area contributed by atoms with Gasteiger partial charge < -0.3 is 14.6 Å². The van der Waals surface area contributed by atoms with Crippen LogP contribution in [0.15, 0.2) is 24.0 Å². The first-order valence-corrected chi connectivity index (χ1v) is 7.44. The van der Waals surface area contributed by atoms with Crippen molar-refractivity contribution in [2.24, 2.45) is 17.3 Å². The Balaban J connectivity index is 2.89. The molecule has 3 atom stereocenters. The van der Waals surface area contributed by atoms with Gasteiger partial charge in [-0.2, -0.15) is 0 Å². The minimum atomic E-state index is -1.05. The highest BCUT2D eigenvalue weighted by Crippen LogP contribution is 2.55. The lowest BCUT2D eigenvalue weighted by Crippen LogP contribution is -2.53. The third kappa shape index (κ3) is 4.10. The predicted octanol–water partition coefficient (Wildman–Crippen LogP) is 3.07. The topological polar surface area (TPSA) is 55.8 Å². The molecule has 0 aromatic rings. The SMILES string of the molecule is CCOC(=O)/C(C)=C/[C@](C)(O)[C@H]1CC(C)(C)[C@@H]1/C=C/OC. The lowest BCUT2D eigenvalue weighted by Gasteiger charge is -2.55. The molecule has 1 aliphatic carbocycles. The Morgan fingerprint density at radius 2 is 2.10 bits per heavy atom. The van der Waals surface area contributed by atoms with Gasteiger partial charge in [0.25, 0.3) is 0 Å². The van der Waals surface area contributed by atoms with Gasteiger partial charge >= 0.3 is 5.97 Å². The minimum Gasteiger partial charge on any atom is -0.505 e. The molecule has 0 aliphatic heterocycles. The molecule has 0 saturated heterocycles. The highest BCUT2D eigenvalue weighted by molar-refractivity contribution is 5.87. The van der Waals surface area contributed by atoms with E-state index in [1.165, 1.54) is 0 Å². The zero-order valence-electron chi connectivity index (χ0n) is 14.0. The van der Waals surface area contributed by atoms with E-state index in [2.05, 4.69) is 13.8 Å². The fourth-order valence-corrected chi connectivity index (χ4v) is 3.19. The molecule has 0 heterocycles. The van der Waals surface area contributed by atoms with E-state index in [-0.39, 0.29) is 23.2 Å². The number of aliphatic hydroxyl groups is 1.